The Labute approximate surface area is 93.5 Å². The highest BCUT2D eigenvalue weighted by atomic mass is 15.2. The lowest BCUT2D eigenvalue weighted by molar-refractivity contribution is 0.874. The van der Waals surface area contributed by atoms with E-state index >= 15 is 0 Å². The van der Waals surface area contributed by atoms with Crippen molar-refractivity contribution in [3.05, 3.63) is 18.3 Å². The molecule has 86 valence electrons. The Morgan fingerprint density at radius 3 is 2.53 bits per heavy atom. The van der Waals surface area contributed by atoms with Gasteiger partial charge in [0.1, 0.15) is 5.82 Å². The average molecular weight is 209 g/mol. The SMILES string of the molecule is CC.CC.CN1CCNc2ncccc21. The minimum Gasteiger partial charge on any atom is -0.370 e. The van der Waals surface area contributed by atoms with Crippen LogP contribution < -0.4 is 10.2 Å². The van der Waals surface area contributed by atoms with E-state index in [1.54, 1.807) is 0 Å². The van der Waals surface area contributed by atoms with E-state index in [1.165, 1.54) is 5.69 Å². The van der Waals surface area contributed by atoms with Gasteiger partial charge in [-0.15, -0.1) is 0 Å². The average Bonchev–Trinajstić information content (AvgIpc) is 2.35. The number of fused-ring (bicyclic) bond motifs is 1. The van der Waals surface area contributed by atoms with Gasteiger partial charge in [0.15, 0.2) is 0 Å². The van der Waals surface area contributed by atoms with Crippen molar-refractivity contribution in [2.75, 3.05) is 30.4 Å². The number of aromatic nitrogens is 1. The van der Waals surface area contributed by atoms with Crippen molar-refractivity contribution in [2.24, 2.45) is 0 Å². The van der Waals surface area contributed by atoms with E-state index in [0.717, 1.165) is 18.9 Å². The van der Waals surface area contributed by atoms with E-state index < -0.39 is 0 Å². The van der Waals surface area contributed by atoms with Gasteiger partial charge in [0.2, 0.25) is 0 Å². The normalized spacial score (nSPS) is 12.2. The zero-order chi connectivity index (χ0) is 11.7. The second-order valence-corrected chi connectivity index (χ2v) is 2.72. The summed E-state index contributed by atoms with van der Waals surface area (Å²) >= 11 is 0. The van der Waals surface area contributed by atoms with Crippen LogP contribution in [-0.2, 0) is 0 Å². The smallest absolute Gasteiger partial charge is 0.149 e. The number of hydrogen-bond donors (Lipinski definition) is 1. The number of likely N-dealkylation sites (N-methyl/N-ethyl adjacent to an activating group) is 1. The van der Waals surface area contributed by atoms with Crippen LogP contribution in [0.5, 0.6) is 0 Å². The molecule has 0 atom stereocenters. The van der Waals surface area contributed by atoms with Gasteiger partial charge in [0.05, 0.1) is 5.69 Å². The molecule has 1 aromatic rings. The summed E-state index contributed by atoms with van der Waals surface area (Å²) in [6.07, 6.45) is 1.81. The molecule has 0 saturated heterocycles. The molecule has 1 aliphatic heterocycles. The fraction of sp³-hybridized carbons (Fsp3) is 0.583. The third-order valence-electron chi connectivity index (χ3n) is 1.94. The molecule has 1 N–H and O–H groups in total. The minimum atomic E-state index is 0.987. The lowest BCUT2D eigenvalue weighted by atomic mass is 10.3. The molecule has 1 aliphatic rings. The summed E-state index contributed by atoms with van der Waals surface area (Å²) in [5.74, 6) is 1.00. The maximum absolute atomic E-state index is 4.22. The summed E-state index contributed by atoms with van der Waals surface area (Å²) in [4.78, 5) is 6.42. The summed E-state index contributed by atoms with van der Waals surface area (Å²) in [6, 6.07) is 4.04. The Bertz CT molecular complexity index is 261. The minimum absolute atomic E-state index is 0.987. The zero-order valence-corrected chi connectivity index (χ0v) is 10.5. The molecule has 0 aliphatic carbocycles. The molecule has 15 heavy (non-hydrogen) atoms. The number of nitrogens with zero attached hydrogens (tertiary/aromatic N) is 2. The van der Waals surface area contributed by atoms with Crippen LogP contribution in [-0.4, -0.2) is 25.1 Å². The maximum atomic E-state index is 4.22. The van der Waals surface area contributed by atoms with Gasteiger partial charge in [0.25, 0.3) is 0 Å². The van der Waals surface area contributed by atoms with E-state index in [-0.39, 0.29) is 0 Å². The summed E-state index contributed by atoms with van der Waals surface area (Å²) in [5.41, 5.74) is 1.19. The molecular weight excluding hydrogens is 186 g/mol. The fourth-order valence-electron chi connectivity index (χ4n) is 1.30. The van der Waals surface area contributed by atoms with Gasteiger partial charge >= 0.3 is 0 Å². The molecular formula is C12H23N3. The largest absolute Gasteiger partial charge is 0.370 e. The topological polar surface area (TPSA) is 28.2 Å². The van der Waals surface area contributed by atoms with Crippen molar-refractivity contribution in [1.29, 1.82) is 0 Å². The van der Waals surface area contributed by atoms with E-state index in [0.29, 0.717) is 0 Å². The van der Waals surface area contributed by atoms with Crippen molar-refractivity contribution in [3.8, 4) is 0 Å². The molecule has 0 amide bonds. The molecule has 0 fully saturated rings. The molecule has 2 rings (SSSR count). The molecule has 3 nitrogen and oxygen atoms in total. The van der Waals surface area contributed by atoms with Gasteiger partial charge in [-0.1, -0.05) is 27.7 Å². The predicted octanol–water partition coefficient (Wildman–Crippen LogP) is 3.00. The highest BCUT2D eigenvalue weighted by Gasteiger charge is 2.11. The van der Waals surface area contributed by atoms with E-state index in [1.807, 2.05) is 40.0 Å². The van der Waals surface area contributed by atoms with Crippen LogP contribution in [0.15, 0.2) is 18.3 Å². The summed E-state index contributed by atoms with van der Waals surface area (Å²) in [6.45, 7) is 10.0. The molecule has 0 unspecified atom stereocenters. The maximum Gasteiger partial charge on any atom is 0.149 e. The molecule has 3 heteroatoms. The first-order chi connectivity index (χ1) is 7.38. The molecule has 0 spiro atoms. The standard InChI is InChI=1S/C8H11N3.2C2H6/c1-11-6-5-10-8-7(11)3-2-4-9-8;2*1-2/h2-4H,5-6H2,1H3,(H,9,10);2*1-2H3. The van der Waals surface area contributed by atoms with E-state index in [4.69, 9.17) is 0 Å². The number of pyridine rings is 1. The first-order valence-corrected chi connectivity index (χ1v) is 5.78. The van der Waals surface area contributed by atoms with Crippen LogP contribution in [0, 0.1) is 0 Å². The monoisotopic (exact) mass is 209 g/mol. The Balaban J connectivity index is 0.000000442. The molecule has 0 radical (unpaired) electrons. The first kappa shape index (κ1) is 13.8. The number of nitrogens with one attached hydrogen (secondary N) is 1. The van der Waals surface area contributed by atoms with Crippen LogP contribution in [0.1, 0.15) is 27.7 Å². The van der Waals surface area contributed by atoms with Crippen LogP contribution >= 0.6 is 0 Å². The Kier molecular flexibility index (Phi) is 7.42. The van der Waals surface area contributed by atoms with Gasteiger partial charge in [-0.3, -0.25) is 0 Å². The Morgan fingerprint density at radius 1 is 1.27 bits per heavy atom. The van der Waals surface area contributed by atoms with Crippen molar-refractivity contribution in [3.63, 3.8) is 0 Å². The predicted molar refractivity (Wildman–Crippen MR) is 68.7 cm³/mol. The van der Waals surface area contributed by atoms with Gasteiger partial charge in [-0.25, -0.2) is 4.98 Å². The Morgan fingerprint density at radius 2 is 1.93 bits per heavy atom. The first-order valence-electron chi connectivity index (χ1n) is 5.78. The van der Waals surface area contributed by atoms with Crippen molar-refractivity contribution in [2.45, 2.75) is 27.7 Å². The molecule has 0 aromatic carbocycles. The highest BCUT2D eigenvalue weighted by molar-refractivity contribution is 5.67. The summed E-state index contributed by atoms with van der Waals surface area (Å²) < 4.78 is 0. The number of rotatable bonds is 0. The fourth-order valence-corrected chi connectivity index (χ4v) is 1.30. The molecule has 2 heterocycles. The van der Waals surface area contributed by atoms with Gasteiger partial charge in [-0.2, -0.15) is 0 Å². The van der Waals surface area contributed by atoms with Gasteiger partial charge in [-0.05, 0) is 12.1 Å². The van der Waals surface area contributed by atoms with Gasteiger partial charge in [0, 0.05) is 26.3 Å². The van der Waals surface area contributed by atoms with Crippen LogP contribution in [0.4, 0.5) is 11.5 Å². The van der Waals surface area contributed by atoms with E-state index in [2.05, 4.69) is 28.3 Å². The van der Waals surface area contributed by atoms with Crippen molar-refractivity contribution < 1.29 is 0 Å². The summed E-state index contributed by atoms with van der Waals surface area (Å²) in [5, 5.41) is 3.24. The second kappa shape index (κ2) is 8.09. The van der Waals surface area contributed by atoms with Crippen molar-refractivity contribution in [1.82, 2.24) is 4.98 Å². The Hall–Kier alpha value is -1.25. The lowest BCUT2D eigenvalue weighted by Gasteiger charge is -2.27. The third-order valence-corrected chi connectivity index (χ3v) is 1.94. The van der Waals surface area contributed by atoms with E-state index in [9.17, 15) is 0 Å². The molecule has 1 aromatic heterocycles. The number of hydrogen-bond acceptors (Lipinski definition) is 3. The summed E-state index contributed by atoms with van der Waals surface area (Å²) in [7, 11) is 2.08. The zero-order valence-electron chi connectivity index (χ0n) is 10.5. The molecule has 0 bridgehead atoms. The van der Waals surface area contributed by atoms with Crippen molar-refractivity contribution >= 4 is 11.5 Å². The molecule has 0 saturated carbocycles. The van der Waals surface area contributed by atoms with Crippen LogP contribution in [0.3, 0.4) is 0 Å². The lowest BCUT2D eigenvalue weighted by Crippen LogP contribution is -2.30. The second-order valence-electron chi connectivity index (χ2n) is 2.72. The quantitative estimate of drug-likeness (QED) is 0.712. The number of anilines is 2. The third kappa shape index (κ3) is 3.78. The van der Waals surface area contributed by atoms with Crippen LogP contribution in [0.2, 0.25) is 0 Å². The van der Waals surface area contributed by atoms with Crippen LogP contribution in [0.25, 0.3) is 0 Å². The van der Waals surface area contributed by atoms with Gasteiger partial charge < -0.3 is 10.2 Å². The highest BCUT2D eigenvalue weighted by Crippen LogP contribution is 2.23.